The molecule has 0 bridgehead atoms. The number of halogens is 1. The van der Waals surface area contributed by atoms with Crippen LogP contribution in [0, 0.1) is 13.8 Å². The van der Waals surface area contributed by atoms with E-state index in [0.717, 1.165) is 0 Å². The van der Waals surface area contributed by atoms with Gasteiger partial charge in [-0.25, -0.2) is 8.42 Å². The number of hydrogen-bond donors (Lipinski definition) is 0. The van der Waals surface area contributed by atoms with Crippen molar-refractivity contribution in [1.29, 1.82) is 0 Å². The molecule has 0 amide bonds. The van der Waals surface area contributed by atoms with Crippen LogP contribution in [0.3, 0.4) is 0 Å². The van der Waals surface area contributed by atoms with E-state index in [1.165, 1.54) is 0 Å². The van der Waals surface area contributed by atoms with Crippen LogP contribution >= 0.6 is 10.7 Å². The van der Waals surface area contributed by atoms with Gasteiger partial charge in [0.1, 0.15) is 10.6 Å². The van der Waals surface area contributed by atoms with Gasteiger partial charge in [0.15, 0.2) is 0 Å². The van der Waals surface area contributed by atoms with Crippen LogP contribution in [-0.2, 0) is 22.6 Å². The molecule has 0 unspecified atom stereocenters. The summed E-state index contributed by atoms with van der Waals surface area (Å²) < 4.78 is 26.0. The van der Waals surface area contributed by atoms with Crippen LogP contribution in [0.4, 0.5) is 0 Å². The summed E-state index contributed by atoms with van der Waals surface area (Å²) in [6.07, 6.45) is 1.74. The van der Waals surface area contributed by atoms with Crippen LogP contribution in [0.5, 0.6) is 0 Å². The highest BCUT2D eigenvalue weighted by Gasteiger charge is 2.22. The monoisotopic (exact) mass is 289 g/mol. The van der Waals surface area contributed by atoms with E-state index in [4.69, 9.17) is 10.7 Å². The molecule has 0 radical (unpaired) electrons. The molecule has 0 aliphatic heterocycles. The molecular weight excluding hydrogens is 278 g/mol. The van der Waals surface area contributed by atoms with E-state index in [-0.39, 0.29) is 4.90 Å². The molecular formula is C9H12ClN5O2S. The predicted octanol–water partition coefficient (Wildman–Crippen LogP) is 0.604. The molecule has 2 aromatic heterocycles. The zero-order valence-corrected chi connectivity index (χ0v) is 11.7. The summed E-state index contributed by atoms with van der Waals surface area (Å²) in [6, 6.07) is 0. The summed E-state index contributed by atoms with van der Waals surface area (Å²) >= 11 is 0. The lowest BCUT2D eigenvalue weighted by molar-refractivity contribution is 0.607. The van der Waals surface area contributed by atoms with Crippen molar-refractivity contribution in [1.82, 2.24) is 24.8 Å². The fourth-order valence-electron chi connectivity index (χ4n) is 1.81. The number of aromatic nitrogens is 5. The van der Waals surface area contributed by atoms with Crippen LogP contribution in [0.1, 0.15) is 17.1 Å². The van der Waals surface area contributed by atoms with Gasteiger partial charge in [-0.3, -0.25) is 9.36 Å². The Balaban J connectivity index is 2.42. The summed E-state index contributed by atoms with van der Waals surface area (Å²) in [5, 5.41) is 11.9. The number of rotatable bonds is 3. The van der Waals surface area contributed by atoms with Crippen LogP contribution < -0.4 is 0 Å². The van der Waals surface area contributed by atoms with E-state index in [1.54, 1.807) is 36.5 Å². The second kappa shape index (κ2) is 4.36. The molecule has 0 aliphatic carbocycles. The van der Waals surface area contributed by atoms with E-state index in [1.807, 2.05) is 0 Å². The van der Waals surface area contributed by atoms with Gasteiger partial charge in [-0.05, 0) is 13.8 Å². The SMILES string of the molecule is Cc1nn(Cc2cn(C)nn2)c(C)c1S(=O)(=O)Cl. The second-order valence-electron chi connectivity index (χ2n) is 3.98. The van der Waals surface area contributed by atoms with E-state index < -0.39 is 9.05 Å². The number of aryl methyl sites for hydroxylation is 2. The molecule has 2 heterocycles. The Bertz CT molecular complexity index is 688. The van der Waals surface area contributed by atoms with Gasteiger partial charge in [-0.2, -0.15) is 5.10 Å². The van der Waals surface area contributed by atoms with Crippen molar-refractivity contribution < 1.29 is 8.42 Å². The summed E-state index contributed by atoms with van der Waals surface area (Å²) in [7, 11) is 3.35. The average molecular weight is 290 g/mol. The van der Waals surface area contributed by atoms with Gasteiger partial charge in [0, 0.05) is 23.9 Å². The fraction of sp³-hybridized carbons (Fsp3) is 0.444. The first-order valence-electron chi connectivity index (χ1n) is 5.13. The molecule has 7 nitrogen and oxygen atoms in total. The lowest BCUT2D eigenvalue weighted by Gasteiger charge is -2.01. The topological polar surface area (TPSA) is 82.7 Å². The maximum absolute atomic E-state index is 11.4. The third-order valence-corrected chi connectivity index (χ3v) is 4.06. The molecule has 2 aromatic rings. The summed E-state index contributed by atoms with van der Waals surface area (Å²) in [5.74, 6) is 0. The van der Waals surface area contributed by atoms with Crippen molar-refractivity contribution in [2.75, 3.05) is 0 Å². The highest BCUT2D eigenvalue weighted by molar-refractivity contribution is 8.13. The maximum Gasteiger partial charge on any atom is 0.264 e. The maximum atomic E-state index is 11.4. The Morgan fingerprint density at radius 2 is 2.06 bits per heavy atom. The minimum absolute atomic E-state index is 0.0630. The van der Waals surface area contributed by atoms with Gasteiger partial charge in [-0.15, -0.1) is 5.10 Å². The van der Waals surface area contributed by atoms with Crippen LogP contribution in [-0.4, -0.2) is 33.2 Å². The molecule has 0 N–H and O–H groups in total. The summed E-state index contributed by atoms with van der Waals surface area (Å²) in [6.45, 7) is 3.62. The Labute approximate surface area is 109 Å². The highest BCUT2D eigenvalue weighted by Crippen LogP contribution is 2.23. The average Bonchev–Trinajstić information content (AvgIpc) is 2.71. The van der Waals surface area contributed by atoms with Crippen molar-refractivity contribution >= 4 is 19.7 Å². The van der Waals surface area contributed by atoms with Crippen LogP contribution in [0.2, 0.25) is 0 Å². The molecule has 2 rings (SSSR count). The largest absolute Gasteiger partial charge is 0.264 e. The standard InChI is InChI=1S/C9H12ClN5O2S/c1-6-9(18(10,16)17)7(2)15(12-6)5-8-4-14(3)13-11-8/h4H,5H2,1-3H3. The van der Waals surface area contributed by atoms with Gasteiger partial charge in [0.25, 0.3) is 9.05 Å². The molecule has 0 aliphatic rings. The van der Waals surface area contributed by atoms with Gasteiger partial charge in [0.2, 0.25) is 0 Å². The Kier molecular flexibility index (Phi) is 3.16. The molecule has 9 heteroatoms. The molecule has 0 aromatic carbocycles. The molecule has 0 saturated heterocycles. The zero-order valence-electron chi connectivity index (χ0n) is 10.1. The Morgan fingerprint density at radius 3 is 2.50 bits per heavy atom. The minimum Gasteiger partial charge on any atom is -0.262 e. The van der Waals surface area contributed by atoms with E-state index in [0.29, 0.717) is 23.6 Å². The first-order chi connectivity index (χ1) is 8.29. The van der Waals surface area contributed by atoms with Gasteiger partial charge >= 0.3 is 0 Å². The van der Waals surface area contributed by atoms with Crippen LogP contribution in [0.25, 0.3) is 0 Å². The van der Waals surface area contributed by atoms with Crippen molar-refractivity contribution in [2.45, 2.75) is 25.3 Å². The summed E-state index contributed by atoms with van der Waals surface area (Å²) in [5.41, 5.74) is 1.57. The molecule has 18 heavy (non-hydrogen) atoms. The van der Waals surface area contributed by atoms with Crippen molar-refractivity contribution in [3.05, 3.63) is 23.3 Å². The summed E-state index contributed by atoms with van der Waals surface area (Å²) in [4.78, 5) is 0.0630. The minimum atomic E-state index is -3.78. The molecule has 0 saturated carbocycles. The van der Waals surface area contributed by atoms with E-state index in [2.05, 4.69) is 15.4 Å². The number of hydrogen-bond acceptors (Lipinski definition) is 5. The van der Waals surface area contributed by atoms with E-state index >= 15 is 0 Å². The number of nitrogens with zero attached hydrogens (tertiary/aromatic N) is 5. The smallest absolute Gasteiger partial charge is 0.262 e. The van der Waals surface area contributed by atoms with Gasteiger partial charge < -0.3 is 0 Å². The lowest BCUT2D eigenvalue weighted by atomic mass is 10.4. The molecule has 98 valence electrons. The first-order valence-corrected chi connectivity index (χ1v) is 7.44. The lowest BCUT2D eigenvalue weighted by Crippen LogP contribution is -2.05. The second-order valence-corrected chi connectivity index (χ2v) is 6.48. The van der Waals surface area contributed by atoms with Crippen molar-refractivity contribution in [3.63, 3.8) is 0 Å². The predicted molar refractivity (Wildman–Crippen MR) is 64.8 cm³/mol. The Hall–Kier alpha value is -1.41. The van der Waals surface area contributed by atoms with Crippen LogP contribution in [0.15, 0.2) is 11.1 Å². The van der Waals surface area contributed by atoms with E-state index in [9.17, 15) is 8.42 Å². The van der Waals surface area contributed by atoms with Crippen molar-refractivity contribution in [3.8, 4) is 0 Å². The first kappa shape index (κ1) is 13.0. The molecule has 0 fully saturated rings. The highest BCUT2D eigenvalue weighted by atomic mass is 35.7. The normalized spacial score (nSPS) is 12.0. The third-order valence-electron chi connectivity index (χ3n) is 2.52. The quantitative estimate of drug-likeness (QED) is 0.773. The van der Waals surface area contributed by atoms with Gasteiger partial charge in [0.05, 0.1) is 17.9 Å². The van der Waals surface area contributed by atoms with Crippen molar-refractivity contribution in [2.24, 2.45) is 7.05 Å². The Morgan fingerprint density at radius 1 is 1.39 bits per heavy atom. The fourth-order valence-corrected chi connectivity index (χ4v) is 3.33. The zero-order chi connectivity index (χ0) is 13.5. The molecule has 0 atom stereocenters. The van der Waals surface area contributed by atoms with Gasteiger partial charge in [-0.1, -0.05) is 5.21 Å². The third kappa shape index (κ3) is 2.39. The molecule has 0 spiro atoms.